The molecule has 8 nitrogen and oxygen atoms in total. The number of hydrogen-bond acceptors (Lipinski definition) is 6. The van der Waals surface area contributed by atoms with Crippen LogP contribution in [-0.4, -0.2) is 25.0 Å². The van der Waals surface area contributed by atoms with E-state index in [-0.39, 0.29) is 28.6 Å². The Morgan fingerprint density at radius 3 is 2.64 bits per heavy atom. The number of imide groups is 1. The Bertz CT molecular complexity index is 1000. The quantitative estimate of drug-likeness (QED) is 0.559. The maximum atomic E-state index is 11.6. The molecule has 1 aliphatic rings. The number of carboxylic acid groups (broad SMARTS) is 1. The number of halogens is 1. The minimum atomic E-state index is -1.28. The summed E-state index contributed by atoms with van der Waals surface area (Å²) in [5, 5.41) is 15.6. The molecule has 28 heavy (non-hydrogen) atoms. The van der Waals surface area contributed by atoms with Crippen molar-refractivity contribution >= 4 is 35.6 Å². The van der Waals surface area contributed by atoms with Crippen molar-refractivity contribution in [2.24, 2.45) is 0 Å². The van der Waals surface area contributed by atoms with Gasteiger partial charge in [-0.05, 0) is 41.0 Å². The van der Waals surface area contributed by atoms with E-state index in [0.29, 0.717) is 16.9 Å². The number of nitrogens with one attached hydrogen (secondary N) is 2. The summed E-state index contributed by atoms with van der Waals surface area (Å²) in [4.78, 5) is 33.8. The van der Waals surface area contributed by atoms with Gasteiger partial charge in [-0.2, -0.15) is 0 Å². The van der Waals surface area contributed by atoms with Crippen LogP contribution in [0.15, 0.2) is 42.1 Å². The number of hydrogen-bond donors (Lipinski definition) is 2. The van der Waals surface area contributed by atoms with E-state index in [9.17, 15) is 19.5 Å². The Morgan fingerprint density at radius 1 is 1.21 bits per heavy atom. The fourth-order valence-electron chi connectivity index (χ4n) is 2.56. The second kappa shape index (κ2) is 8.01. The molecule has 2 N–H and O–H groups in total. The minimum absolute atomic E-state index is 0.0398. The van der Waals surface area contributed by atoms with Crippen molar-refractivity contribution in [3.63, 3.8) is 0 Å². The third kappa shape index (κ3) is 4.24. The zero-order valence-electron chi connectivity index (χ0n) is 14.6. The van der Waals surface area contributed by atoms with Crippen LogP contribution in [0.5, 0.6) is 11.5 Å². The number of ether oxygens (including phenoxy) is 2. The van der Waals surface area contributed by atoms with Gasteiger partial charge in [-0.25, -0.2) is 4.79 Å². The Hall–Kier alpha value is -3.52. The lowest BCUT2D eigenvalue weighted by Gasteiger charge is -2.14. The van der Waals surface area contributed by atoms with Crippen LogP contribution in [-0.2, 0) is 11.4 Å². The highest BCUT2D eigenvalue weighted by Crippen LogP contribution is 2.37. The van der Waals surface area contributed by atoms with Gasteiger partial charge in [0.2, 0.25) is 0 Å². The first-order chi connectivity index (χ1) is 13.4. The third-order valence-electron chi connectivity index (χ3n) is 3.83. The van der Waals surface area contributed by atoms with E-state index in [1.54, 1.807) is 24.3 Å². The van der Waals surface area contributed by atoms with Gasteiger partial charge in [-0.15, -0.1) is 0 Å². The van der Waals surface area contributed by atoms with Crippen LogP contribution in [0.25, 0.3) is 6.08 Å². The molecule has 2 aromatic carbocycles. The number of amides is 3. The van der Waals surface area contributed by atoms with Crippen LogP contribution >= 0.6 is 11.6 Å². The molecule has 3 amide bonds. The molecule has 1 fully saturated rings. The molecule has 0 radical (unpaired) electrons. The summed E-state index contributed by atoms with van der Waals surface area (Å²) in [6, 6.07) is 8.67. The average Bonchev–Trinajstić information content (AvgIpc) is 2.97. The van der Waals surface area contributed by atoms with Gasteiger partial charge in [-0.3, -0.25) is 10.1 Å². The molecular weight excluding hydrogens is 388 g/mol. The van der Waals surface area contributed by atoms with Crippen LogP contribution in [0, 0.1) is 0 Å². The summed E-state index contributed by atoms with van der Waals surface area (Å²) in [6.45, 7) is 0.0517. The molecule has 1 aliphatic heterocycles. The van der Waals surface area contributed by atoms with Crippen molar-refractivity contribution in [3.8, 4) is 11.5 Å². The highest BCUT2D eigenvalue weighted by Gasteiger charge is 2.23. The number of carbonyl (C=O) groups is 3. The molecule has 3 rings (SSSR count). The molecule has 0 unspecified atom stereocenters. The zero-order chi connectivity index (χ0) is 20.3. The monoisotopic (exact) mass is 401 g/mol. The molecule has 0 aromatic heterocycles. The molecule has 9 heteroatoms. The van der Waals surface area contributed by atoms with Crippen molar-refractivity contribution in [3.05, 3.63) is 63.8 Å². The van der Waals surface area contributed by atoms with Crippen LogP contribution in [0.4, 0.5) is 4.79 Å². The smallest absolute Gasteiger partial charge is 0.326 e. The third-order valence-corrected chi connectivity index (χ3v) is 4.11. The van der Waals surface area contributed by atoms with E-state index in [2.05, 4.69) is 10.6 Å². The highest BCUT2D eigenvalue weighted by molar-refractivity contribution is 6.32. The predicted octanol–water partition coefficient (Wildman–Crippen LogP) is 1.47. The van der Waals surface area contributed by atoms with E-state index in [0.717, 1.165) is 0 Å². The summed E-state index contributed by atoms with van der Waals surface area (Å²) >= 11 is 6.29. The van der Waals surface area contributed by atoms with E-state index < -0.39 is 17.9 Å². The van der Waals surface area contributed by atoms with Crippen LogP contribution in [0.1, 0.15) is 21.5 Å². The number of carboxylic acids is 1. The summed E-state index contributed by atoms with van der Waals surface area (Å²) in [6.07, 6.45) is 1.45. The van der Waals surface area contributed by atoms with Gasteiger partial charge >= 0.3 is 6.03 Å². The van der Waals surface area contributed by atoms with Crippen molar-refractivity contribution < 1.29 is 29.0 Å². The highest BCUT2D eigenvalue weighted by atomic mass is 35.5. The van der Waals surface area contributed by atoms with E-state index in [1.807, 2.05) is 0 Å². The Kier molecular flexibility index (Phi) is 5.51. The Labute approximate surface area is 164 Å². The first kappa shape index (κ1) is 19.2. The fraction of sp³-hybridized carbons (Fsp3) is 0.105. The molecular formula is C19H14ClN2O6-. The zero-order valence-corrected chi connectivity index (χ0v) is 15.3. The second-order valence-electron chi connectivity index (χ2n) is 5.78. The molecule has 0 atom stereocenters. The Morgan fingerprint density at radius 2 is 2.00 bits per heavy atom. The van der Waals surface area contributed by atoms with Crippen LogP contribution in [0.3, 0.4) is 0 Å². The van der Waals surface area contributed by atoms with Crippen LogP contribution in [0.2, 0.25) is 5.02 Å². The number of rotatable bonds is 6. The van der Waals surface area contributed by atoms with Crippen molar-refractivity contribution in [2.75, 3.05) is 7.11 Å². The van der Waals surface area contributed by atoms with E-state index in [1.165, 1.54) is 25.3 Å². The number of carbonyl (C=O) groups excluding carboxylic acids is 3. The Balaban J connectivity index is 1.83. The topological polar surface area (TPSA) is 117 Å². The predicted molar refractivity (Wildman–Crippen MR) is 97.8 cm³/mol. The van der Waals surface area contributed by atoms with Gasteiger partial charge in [0.25, 0.3) is 5.91 Å². The van der Waals surface area contributed by atoms with Crippen LogP contribution < -0.4 is 25.2 Å². The van der Waals surface area contributed by atoms with E-state index in [4.69, 9.17) is 21.1 Å². The van der Waals surface area contributed by atoms with Gasteiger partial charge < -0.3 is 24.7 Å². The first-order valence-electron chi connectivity index (χ1n) is 8.02. The van der Waals surface area contributed by atoms with Gasteiger partial charge in [0, 0.05) is 0 Å². The fourth-order valence-corrected chi connectivity index (χ4v) is 2.83. The summed E-state index contributed by atoms with van der Waals surface area (Å²) < 4.78 is 11.0. The number of urea groups is 1. The first-order valence-corrected chi connectivity index (χ1v) is 8.40. The van der Waals surface area contributed by atoms with Crippen molar-refractivity contribution in [1.29, 1.82) is 0 Å². The molecule has 0 saturated carbocycles. The molecule has 144 valence electrons. The van der Waals surface area contributed by atoms with Gasteiger partial charge in [0.05, 0.1) is 18.1 Å². The lowest BCUT2D eigenvalue weighted by molar-refractivity contribution is -0.255. The van der Waals surface area contributed by atoms with Gasteiger partial charge in [0.1, 0.15) is 12.3 Å². The lowest BCUT2D eigenvalue weighted by Crippen LogP contribution is -2.22. The molecule has 0 bridgehead atoms. The van der Waals surface area contributed by atoms with Crippen molar-refractivity contribution in [1.82, 2.24) is 10.6 Å². The summed E-state index contributed by atoms with van der Waals surface area (Å²) in [7, 11) is 1.43. The SMILES string of the molecule is COc1cc(/C=C2\NC(=O)NC2=O)cc(Cl)c1OCc1cccc(C(=O)[O-])c1. The number of methoxy groups -OCH3 is 1. The number of aromatic carboxylic acids is 1. The summed E-state index contributed by atoms with van der Waals surface area (Å²) in [5.41, 5.74) is 1.24. The van der Waals surface area contributed by atoms with E-state index >= 15 is 0 Å². The summed E-state index contributed by atoms with van der Waals surface area (Å²) in [5.74, 6) is -1.27. The minimum Gasteiger partial charge on any atom is -0.545 e. The van der Waals surface area contributed by atoms with Gasteiger partial charge in [0.15, 0.2) is 11.5 Å². The molecule has 1 heterocycles. The van der Waals surface area contributed by atoms with Crippen molar-refractivity contribution in [2.45, 2.75) is 6.61 Å². The largest absolute Gasteiger partial charge is 0.545 e. The number of benzene rings is 2. The maximum Gasteiger partial charge on any atom is 0.326 e. The molecule has 2 aromatic rings. The molecule has 1 saturated heterocycles. The molecule has 0 aliphatic carbocycles. The second-order valence-corrected chi connectivity index (χ2v) is 6.18. The molecule has 0 spiro atoms. The standard InChI is InChI=1S/C19H15ClN2O6/c1-27-15-8-11(7-14-17(23)22-19(26)21-14)6-13(20)16(15)28-9-10-3-2-4-12(5-10)18(24)25/h2-8H,9H2,1H3,(H,24,25)(H2,21,22,23,26)/p-1/b14-7-. The van der Waals surface area contributed by atoms with Gasteiger partial charge in [-0.1, -0.05) is 29.8 Å². The average molecular weight is 402 g/mol. The lowest BCUT2D eigenvalue weighted by atomic mass is 10.1. The normalized spacial score (nSPS) is 14.6. The maximum absolute atomic E-state index is 11.6.